The van der Waals surface area contributed by atoms with Crippen LogP contribution in [0.25, 0.3) is 0 Å². The zero-order valence-electron chi connectivity index (χ0n) is 16.3. The third kappa shape index (κ3) is 4.33. The average Bonchev–Trinajstić information content (AvgIpc) is 2.64. The molecule has 0 unspecified atom stereocenters. The van der Waals surface area contributed by atoms with Crippen molar-refractivity contribution in [3.05, 3.63) is 47.0 Å². The summed E-state index contributed by atoms with van der Waals surface area (Å²) >= 11 is 0. The SMILES string of the molecule is CCOc1ccc(CN2CCc3nc(C(C)C)ncc3C2)c(OCC)c1. The van der Waals surface area contributed by atoms with E-state index in [-0.39, 0.29) is 0 Å². The summed E-state index contributed by atoms with van der Waals surface area (Å²) in [6.45, 7) is 12.3. The first kappa shape index (κ1) is 18.6. The van der Waals surface area contributed by atoms with Gasteiger partial charge in [-0.2, -0.15) is 0 Å². The number of fused-ring (bicyclic) bond motifs is 1. The number of aromatic nitrogens is 2. The molecule has 3 rings (SSSR count). The smallest absolute Gasteiger partial charge is 0.131 e. The summed E-state index contributed by atoms with van der Waals surface area (Å²) < 4.78 is 11.5. The lowest BCUT2D eigenvalue weighted by atomic mass is 10.0. The second-order valence-corrected chi connectivity index (χ2v) is 6.95. The van der Waals surface area contributed by atoms with Gasteiger partial charge in [0.25, 0.3) is 0 Å². The monoisotopic (exact) mass is 355 g/mol. The van der Waals surface area contributed by atoms with E-state index in [0.717, 1.165) is 43.4 Å². The molecule has 0 N–H and O–H groups in total. The fraction of sp³-hybridized carbons (Fsp3) is 0.524. The van der Waals surface area contributed by atoms with Crippen molar-refractivity contribution in [2.75, 3.05) is 19.8 Å². The molecule has 2 heterocycles. The number of benzene rings is 1. The molecule has 0 saturated heterocycles. The summed E-state index contributed by atoms with van der Waals surface area (Å²) in [5, 5.41) is 0. The van der Waals surface area contributed by atoms with Gasteiger partial charge >= 0.3 is 0 Å². The van der Waals surface area contributed by atoms with Crippen molar-refractivity contribution in [1.82, 2.24) is 14.9 Å². The van der Waals surface area contributed by atoms with Crippen LogP contribution < -0.4 is 9.47 Å². The Morgan fingerprint density at radius 1 is 1.15 bits per heavy atom. The summed E-state index contributed by atoms with van der Waals surface area (Å²) in [6, 6.07) is 6.14. The average molecular weight is 355 g/mol. The second kappa shape index (κ2) is 8.49. The largest absolute Gasteiger partial charge is 0.494 e. The highest BCUT2D eigenvalue weighted by atomic mass is 16.5. The summed E-state index contributed by atoms with van der Waals surface area (Å²) in [6.07, 6.45) is 2.98. The molecule has 5 nitrogen and oxygen atoms in total. The van der Waals surface area contributed by atoms with Gasteiger partial charge in [-0.05, 0) is 19.9 Å². The van der Waals surface area contributed by atoms with Crippen molar-refractivity contribution in [1.29, 1.82) is 0 Å². The first-order valence-electron chi connectivity index (χ1n) is 9.56. The minimum absolute atomic E-state index is 0.371. The third-order valence-corrected chi connectivity index (χ3v) is 4.59. The van der Waals surface area contributed by atoms with Crippen molar-refractivity contribution < 1.29 is 9.47 Å². The minimum atomic E-state index is 0.371. The van der Waals surface area contributed by atoms with Crippen LogP contribution in [0.3, 0.4) is 0 Å². The first-order valence-corrected chi connectivity index (χ1v) is 9.56. The van der Waals surface area contributed by atoms with Crippen LogP contribution in [0.2, 0.25) is 0 Å². The van der Waals surface area contributed by atoms with Gasteiger partial charge in [0.05, 0.1) is 13.2 Å². The topological polar surface area (TPSA) is 47.5 Å². The van der Waals surface area contributed by atoms with E-state index in [1.165, 1.54) is 16.8 Å². The lowest BCUT2D eigenvalue weighted by Crippen LogP contribution is -2.31. The third-order valence-electron chi connectivity index (χ3n) is 4.59. The zero-order chi connectivity index (χ0) is 18.5. The van der Waals surface area contributed by atoms with Crippen molar-refractivity contribution in [2.24, 2.45) is 0 Å². The van der Waals surface area contributed by atoms with Crippen molar-refractivity contribution in [3.8, 4) is 11.5 Å². The highest BCUT2D eigenvalue weighted by Crippen LogP contribution is 2.28. The highest BCUT2D eigenvalue weighted by molar-refractivity contribution is 5.41. The Bertz CT molecular complexity index is 746. The maximum absolute atomic E-state index is 5.85. The fourth-order valence-electron chi connectivity index (χ4n) is 3.26. The molecule has 1 aromatic carbocycles. The van der Waals surface area contributed by atoms with Crippen LogP contribution in [0, 0.1) is 0 Å². The van der Waals surface area contributed by atoms with Gasteiger partial charge < -0.3 is 9.47 Å². The molecular formula is C21H29N3O2. The van der Waals surface area contributed by atoms with Crippen molar-refractivity contribution in [3.63, 3.8) is 0 Å². The quantitative estimate of drug-likeness (QED) is 0.752. The molecule has 0 fully saturated rings. The van der Waals surface area contributed by atoms with Crippen LogP contribution >= 0.6 is 0 Å². The van der Waals surface area contributed by atoms with Crippen LogP contribution in [-0.2, 0) is 19.5 Å². The maximum Gasteiger partial charge on any atom is 0.131 e. The van der Waals surface area contributed by atoms with Crippen LogP contribution in [0.15, 0.2) is 24.4 Å². The molecule has 0 spiro atoms. The molecule has 1 aliphatic heterocycles. The second-order valence-electron chi connectivity index (χ2n) is 6.95. The Morgan fingerprint density at radius 2 is 1.96 bits per heavy atom. The van der Waals surface area contributed by atoms with Crippen LogP contribution in [-0.4, -0.2) is 34.6 Å². The zero-order valence-corrected chi connectivity index (χ0v) is 16.3. The van der Waals surface area contributed by atoms with E-state index in [1.807, 2.05) is 32.2 Å². The van der Waals surface area contributed by atoms with E-state index >= 15 is 0 Å². The predicted octanol–water partition coefficient (Wildman–Crippen LogP) is 3.96. The lowest BCUT2D eigenvalue weighted by Gasteiger charge is -2.29. The Morgan fingerprint density at radius 3 is 2.69 bits per heavy atom. The highest BCUT2D eigenvalue weighted by Gasteiger charge is 2.20. The predicted molar refractivity (Wildman–Crippen MR) is 103 cm³/mol. The molecule has 0 amide bonds. The molecule has 26 heavy (non-hydrogen) atoms. The van der Waals surface area contributed by atoms with E-state index < -0.39 is 0 Å². The van der Waals surface area contributed by atoms with Gasteiger partial charge in [0.1, 0.15) is 17.3 Å². The van der Waals surface area contributed by atoms with Gasteiger partial charge in [0, 0.05) is 61.1 Å². The lowest BCUT2D eigenvalue weighted by molar-refractivity contribution is 0.236. The molecule has 5 heteroatoms. The van der Waals surface area contributed by atoms with Gasteiger partial charge in [0.2, 0.25) is 0 Å². The van der Waals surface area contributed by atoms with E-state index in [0.29, 0.717) is 19.1 Å². The first-order chi connectivity index (χ1) is 12.6. The Labute approximate surface area is 156 Å². The number of hydrogen-bond donors (Lipinski definition) is 0. The number of nitrogens with zero attached hydrogens (tertiary/aromatic N) is 3. The minimum Gasteiger partial charge on any atom is -0.494 e. The summed E-state index contributed by atoms with van der Waals surface area (Å²) in [4.78, 5) is 11.7. The van der Waals surface area contributed by atoms with Crippen LogP contribution in [0.5, 0.6) is 11.5 Å². The molecule has 0 atom stereocenters. The van der Waals surface area contributed by atoms with E-state index in [2.05, 4.69) is 29.8 Å². The molecule has 0 bridgehead atoms. The Balaban J connectivity index is 1.73. The normalized spacial score (nSPS) is 14.3. The molecule has 1 aliphatic rings. The molecular weight excluding hydrogens is 326 g/mol. The van der Waals surface area contributed by atoms with Crippen molar-refractivity contribution in [2.45, 2.75) is 53.1 Å². The van der Waals surface area contributed by atoms with Crippen molar-refractivity contribution >= 4 is 0 Å². The number of rotatable bonds is 7. The Hall–Kier alpha value is -2.14. The van der Waals surface area contributed by atoms with Crippen LogP contribution in [0.1, 0.15) is 56.3 Å². The van der Waals surface area contributed by atoms with Gasteiger partial charge in [0.15, 0.2) is 0 Å². The fourth-order valence-corrected chi connectivity index (χ4v) is 3.26. The number of hydrogen-bond acceptors (Lipinski definition) is 5. The number of ether oxygens (including phenoxy) is 2. The van der Waals surface area contributed by atoms with E-state index in [9.17, 15) is 0 Å². The summed E-state index contributed by atoms with van der Waals surface area (Å²) in [5.41, 5.74) is 3.64. The van der Waals surface area contributed by atoms with E-state index in [1.54, 1.807) is 0 Å². The summed E-state index contributed by atoms with van der Waals surface area (Å²) in [7, 11) is 0. The molecule has 0 saturated carbocycles. The maximum atomic E-state index is 5.85. The standard InChI is InChI=1S/C21H29N3O2/c1-5-25-18-8-7-16(20(11-18)26-6-2)13-24-10-9-19-17(14-24)12-22-21(23-19)15(3)4/h7-8,11-12,15H,5-6,9-10,13-14H2,1-4H3. The summed E-state index contributed by atoms with van der Waals surface area (Å²) in [5.74, 6) is 3.09. The van der Waals surface area contributed by atoms with Gasteiger partial charge in [-0.1, -0.05) is 19.9 Å². The molecule has 1 aromatic heterocycles. The van der Waals surface area contributed by atoms with Gasteiger partial charge in [-0.25, -0.2) is 9.97 Å². The molecule has 2 aromatic rings. The molecule has 140 valence electrons. The van der Waals surface area contributed by atoms with E-state index in [4.69, 9.17) is 14.5 Å². The van der Waals surface area contributed by atoms with Crippen LogP contribution in [0.4, 0.5) is 0 Å². The Kier molecular flexibility index (Phi) is 6.09. The molecule has 0 radical (unpaired) electrons. The van der Waals surface area contributed by atoms with Gasteiger partial charge in [-0.15, -0.1) is 0 Å². The van der Waals surface area contributed by atoms with Gasteiger partial charge in [-0.3, -0.25) is 4.90 Å². The molecule has 0 aliphatic carbocycles.